The second-order valence-electron chi connectivity index (χ2n) is 2.81. The molecule has 0 radical (unpaired) electrons. The van der Waals surface area contributed by atoms with Crippen molar-refractivity contribution in [2.75, 3.05) is 0 Å². The van der Waals surface area contributed by atoms with Gasteiger partial charge in [0.2, 0.25) is 0 Å². The molecular weight excluding hydrogens is 268 g/mol. The molecule has 0 spiro atoms. The van der Waals surface area contributed by atoms with E-state index in [4.69, 9.17) is 23.2 Å². The zero-order valence-electron chi connectivity index (χ0n) is 7.65. The van der Waals surface area contributed by atoms with E-state index in [0.29, 0.717) is 5.02 Å². The molecular formula is C9H5Cl2F3O2. The molecule has 1 aromatic rings. The molecule has 16 heavy (non-hydrogen) atoms. The summed E-state index contributed by atoms with van der Waals surface area (Å²) in [6.45, 7) is -0.572. The van der Waals surface area contributed by atoms with Crippen LogP contribution in [0.15, 0.2) is 18.2 Å². The minimum Gasteiger partial charge on any atom is -0.454 e. The van der Waals surface area contributed by atoms with Crippen molar-refractivity contribution in [1.82, 2.24) is 0 Å². The van der Waals surface area contributed by atoms with Crippen LogP contribution < -0.4 is 0 Å². The van der Waals surface area contributed by atoms with Gasteiger partial charge >= 0.3 is 12.1 Å². The summed E-state index contributed by atoms with van der Waals surface area (Å²) < 4.78 is 39.4. The van der Waals surface area contributed by atoms with E-state index >= 15 is 0 Å². The van der Waals surface area contributed by atoms with E-state index in [-0.39, 0.29) is 10.6 Å². The van der Waals surface area contributed by atoms with E-state index in [0.717, 1.165) is 0 Å². The summed E-state index contributed by atoms with van der Waals surface area (Å²) in [5.41, 5.74) is 0.215. The Bertz CT molecular complexity index is 404. The van der Waals surface area contributed by atoms with Gasteiger partial charge in [0.1, 0.15) is 6.61 Å². The third kappa shape index (κ3) is 3.57. The second-order valence-corrected chi connectivity index (χ2v) is 3.65. The van der Waals surface area contributed by atoms with Crippen LogP contribution in [0.1, 0.15) is 5.56 Å². The zero-order chi connectivity index (χ0) is 12.3. The Morgan fingerprint density at radius 1 is 1.31 bits per heavy atom. The normalized spacial score (nSPS) is 11.3. The molecule has 1 aromatic carbocycles. The van der Waals surface area contributed by atoms with Crippen LogP contribution in [0.2, 0.25) is 10.0 Å². The van der Waals surface area contributed by atoms with Gasteiger partial charge < -0.3 is 4.74 Å². The number of carbonyl (C=O) groups is 1. The first-order valence-corrected chi connectivity index (χ1v) is 4.74. The number of alkyl halides is 3. The van der Waals surface area contributed by atoms with E-state index in [1.165, 1.54) is 18.2 Å². The van der Waals surface area contributed by atoms with Crippen LogP contribution >= 0.6 is 23.2 Å². The number of rotatable bonds is 2. The Hall–Kier alpha value is -0.940. The van der Waals surface area contributed by atoms with Gasteiger partial charge in [-0.1, -0.05) is 23.2 Å². The molecule has 0 aliphatic rings. The SMILES string of the molecule is O=C(OCc1cc(Cl)ccc1Cl)C(F)(F)F. The maximum atomic E-state index is 11.8. The Balaban J connectivity index is 2.68. The summed E-state index contributed by atoms with van der Waals surface area (Å²) in [4.78, 5) is 10.4. The molecule has 0 N–H and O–H groups in total. The maximum absolute atomic E-state index is 11.8. The largest absolute Gasteiger partial charge is 0.490 e. The highest BCUT2D eigenvalue weighted by Gasteiger charge is 2.40. The predicted octanol–water partition coefficient (Wildman–Crippen LogP) is 3.60. The minimum atomic E-state index is -5.01. The molecule has 0 bridgehead atoms. The number of halogens is 5. The Morgan fingerprint density at radius 2 is 1.94 bits per heavy atom. The molecule has 88 valence electrons. The number of benzene rings is 1. The maximum Gasteiger partial charge on any atom is 0.490 e. The van der Waals surface area contributed by atoms with Crippen molar-refractivity contribution in [2.45, 2.75) is 12.8 Å². The monoisotopic (exact) mass is 272 g/mol. The summed E-state index contributed by atoms with van der Waals surface area (Å²) in [5, 5.41) is 0.474. The molecule has 1 rings (SSSR count). The first-order valence-electron chi connectivity index (χ1n) is 3.98. The lowest BCUT2D eigenvalue weighted by Gasteiger charge is -2.08. The molecule has 0 atom stereocenters. The van der Waals surface area contributed by atoms with Gasteiger partial charge in [-0.15, -0.1) is 0 Å². The molecule has 0 aliphatic carbocycles. The first-order chi connectivity index (χ1) is 7.30. The average molecular weight is 273 g/mol. The van der Waals surface area contributed by atoms with Crippen LogP contribution in [-0.4, -0.2) is 12.1 Å². The lowest BCUT2D eigenvalue weighted by atomic mass is 10.2. The highest BCUT2D eigenvalue weighted by molar-refractivity contribution is 6.33. The van der Waals surface area contributed by atoms with Gasteiger partial charge in [-0.2, -0.15) is 13.2 Å². The highest BCUT2D eigenvalue weighted by Crippen LogP contribution is 2.23. The number of esters is 1. The minimum absolute atomic E-state index is 0.180. The standard InChI is InChI=1S/C9H5Cl2F3O2/c10-6-1-2-7(11)5(3-6)4-16-8(15)9(12,13)14/h1-3H,4H2. The van der Waals surface area contributed by atoms with E-state index in [1.54, 1.807) is 0 Å². The van der Waals surface area contributed by atoms with Crippen molar-refractivity contribution in [3.8, 4) is 0 Å². The van der Waals surface area contributed by atoms with E-state index in [9.17, 15) is 18.0 Å². The van der Waals surface area contributed by atoms with Crippen LogP contribution in [0.3, 0.4) is 0 Å². The van der Waals surface area contributed by atoms with E-state index in [2.05, 4.69) is 4.74 Å². The van der Waals surface area contributed by atoms with Crippen molar-refractivity contribution in [3.05, 3.63) is 33.8 Å². The van der Waals surface area contributed by atoms with Crippen LogP contribution in [0.5, 0.6) is 0 Å². The van der Waals surface area contributed by atoms with Crippen LogP contribution in [0, 0.1) is 0 Å². The Labute approximate surface area is 98.9 Å². The molecule has 0 heterocycles. The molecule has 0 aromatic heterocycles. The number of carbonyl (C=O) groups excluding carboxylic acids is 1. The van der Waals surface area contributed by atoms with Gasteiger partial charge in [-0.3, -0.25) is 0 Å². The van der Waals surface area contributed by atoms with Crippen molar-refractivity contribution in [1.29, 1.82) is 0 Å². The van der Waals surface area contributed by atoms with Crippen LogP contribution in [-0.2, 0) is 16.1 Å². The van der Waals surface area contributed by atoms with Gasteiger partial charge in [0, 0.05) is 15.6 Å². The molecule has 0 saturated heterocycles. The third-order valence-electron chi connectivity index (χ3n) is 1.60. The fourth-order valence-electron chi connectivity index (χ4n) is 0.879. The van der Waals surface area contributed by atoms with Crippen LogP contribution in [0.4, 0.5) is 13.2 Å². The predicted molar refractivity (Wildman–Crippen MR) is 52.3 cm³/mol. The lowest BCUT2D eigenvalue weighted by Crippen LogP contribution is -2.25. The zero-order valence-corrected chi connectivity index (χ0v) is 9.16. The molecule has 0 aliphatic heterocycles. The Morgan fingerprint density at radius 3 is 2.50 bits per heavy atom. The van der Waals surface area contributed by atoms with Gasteiger partial charge in [0.15, 0.2) is 0 Å². The number of hydrogen-bond acceptors (Lipinski definition) is 2. The topological polar surface area (TPSA) is 26.3 Å². The third-order valence-corrected chi connectivity index (χ3v) is 2.20. The number of hydrogen-bond donors (Lipinski definition) is 0. The van der Waals surface area contributed by atoms with Gasteiger partial charge in [-0.05, 0) is 18.2 Å². The molecule has 0 unspecified atom stereocenters. The quantitative estimate of drug-likeness (QED) is 0.769. The van der Waals surface area contributed by atoms with Gasteiger partial charge in [-0.25, -0.2) is 4.79 Å². The molecule has 0 amide bonds. The summed E-state index contributed by atoms with van der Waals surface area (Å²) in [6.07, 6.45) is -5.01. The molecule has 0 saturated carbocycles. The van der Waals surface area contributed by atoms with Crippen molar-refractivity contribution < 1.29 is 22.7 Å². The van der Waals surface area contributed by atoms with Crippen molar-refractivity contribution in [2.24, 2.45) is 0 Å². The summed E-state index contributed by atoms with van der Waals surface area (Å²) >= 11 is 11.3. The first kappa shape index (κ1) is 13.1. The molecule has 7 heteroatoms. The highest BCUT2D eigenvalue weighted by atomic mass is 35.5. The lowest BCUT2D eigenvalue weighted by molar-refractivity contribution is -0.201. The van der Waals surface area contributed by atoms with Crippen molar-refractivity contribution >= 4 is 29.2 Å². The number of ether oxygens (including phenoxy) is 1. The second kappa shape index (κ2) is 4.93. The smallest absolute Gasteiger partial charge is 0.454 e. The van der Waals surface area contributed by atoms with E-state index < -0.39 is 18.8 Å². The fourth-order valence-corrected chi connectivity index (χ4v) is 1.25. The van der Waals surface area contributed by atoms with Crippen LogP contribution in [0.25, 0.3) is 0 Å². The van der Waals surface area contributed by atoms with Gasteiger partial charge in [0.05, 0.1) is 0 Å². The average Bonchev–Trinajstić information content (AvgIpc) is 2.17. The van der Waals surface area contributed by atoms with Crippen molar-refractivity contribution in [3.63, 3.8) is 0 Å². The summed E-state index contributed by atoms with van der Waals surface area (Å²) in [6, 6.07) is 4.20. The summed E-state index contributed by atoms with van der Waals surface area (Å²) in [7, 11) is 0. The van der Waals surface area contributed by atoms with Gasteiger partial charge in [0.25, 0.3) is 0 Å². The summed E-state index contributed by atoms with van der Waals surface area (Å²) in [5.74, 6) is -2.26. The van der Waals surface area contributed by atoms with E-state index in [1.807, 2.05) is 0 Å². The molecule has 2 nitrogen and oxygen atoms in total. The Kier molecular flexibility index (Phi) is 4.04. The fraction of sp³-hybridized carbons (Fsp3) is 0.222. The molecule has 0 fully saturated rings.